The molecule has 0 radical (unpaired) electrons. The van der Waals surface area contributed by atoms with Gasteiger partial charge in [-0.05, 0) is 74.1 Å². The van der Waals surface area contributed by atoms with E-state index in [0.29, 0.717) is 17.3 Å². The third kappa shape index (κ3) is 4.60. The largest absolute Gasteiger partial charge is 0.385 e. The summed E-state index contributed by atoms with van der Waals surface area (Å²) in [4.78, 5) is 14.5. The van der Waals surface area contributed by atoms with E-state index in [9.17, 15) is 0 Å². The molecule has 0 bridgehead atoms. The molecule has 2 aliphatic heterocycles. The van der Waals surface area contributed by atoms with E-state index in [1.165, 1.54) is 85.4 Å². The average molecular weight is 431 g/mol. The second-order valence-corrected chi connectivity index (χ2v) is 10.4. The molecule has 1 aromatic carbocycles. The van der Waals surface area contributed by atoms with Crippen LogP contribution in [0.3, 0.4) is 0 Å². The zero-order chi connectivity index (χ0) is 22.0. The van der Waals surface area contributed by atoms with E-state index in [1.807, 2.05) is 0 Å². The first kappa shape index (κ1) is 21.6. The average Bonchev–Trinajstić information content (AvgIpc) is 3.18. The Morgan fingerprint density at radius 3 is 2.84 bits per heavy atom. The third-order valence-corrected chi connectivity index (χ3v) is 7.80. The van der Waals surface area contributed by atoms with E-state index in [-0.39, 0.29) is 0 Å². The van der Waals surface area contributed by atoms with E-state index in [4.69, 9.17) is 9.98 Å². The molecule has 32 heavy (non-hydrogen) atoms. The summed E-state index contributed by atoms with van der Waals surface area (Å²) >= 11 is 0. The molecule has 2 heterocycles. The fourth-order valence-electron chi connectivity index (χ4n) is 5.93. The van der Waals surface area contributed by atoms with Crippen molar-refractivity contribution in [3.05, 3.63) is 36.0 Å². The topological polar surface area (TPSA) is 49.1 Å². The Kier molecular flexibility index (Phi) is 6.30. The van der Waals surface area contributed by atoms with Crippen molar-refractivity contribution in [1.82, 2.24) is 0 Å². The lowest BCUT2D eigenvalue weighted by Crippen LogP contribution is -2.30. The lowest BCUT2D eigenvalue weighted by molar-refractivity contribution is 0.375. The van der Waals surface area contributed by atoms with Gasteiger partial charge in [-0.25, -0.2) is 4.99 Å². The van der Waals surface area contributed by atoms with E-state index < -0.39 is 0 Å². The number of benzene rings is 1. The van der Waals surface area contributed by atoms with Gasteiger partial charge in [-0.2, -0.15) is 0 Å². The Labute approximate surface area is 193 Å². The predicted octanol–water partition coefficient (Wildman–Crippen LogP) is 6.93. The van der Waals surface area contributed by atoms with Crippen LogP contribution in [0.2, 0.25) is 0 Å². The molecule has 5 rings (SSSR count). The number of amidine groups is 1. The van der Waals surface area contributed by atoms with Gasteiger partial charge in [-0.1, -0.05) is 38.8 Å². The Morgan fingerprint density at radius 1 is 1.12 bits per heavy atom. The molecule has 2 unspecified atom stereocenters. The van der Waals surface area contributed by atoms with E-state index in [2.05, 4.69) is 54.6 Å². The van der Waals surface area contributed by atoms with Crippen molar-refractivity contribution in [1.29, 1.82) is 0 Å². The molecule has 0 spiro atoms. The van der Waals surface area contributed by atoms with Crippen LogP contribution in [-0.2, 0) is 0 Å². The standard InChI is InChI=1S/C28H38N4/c1-3-6-24-15-23(18-30-24)22-7-5-8-25(14-22)29-17-20-11-13-28(16-20,12-4-2)26-19-31-27(32-26)21-9-10-21/h5,7-8,14,18,20-21,29H,3-4,6,9-13,15-17,19H2,1-2H3. The molecule has 0 aromatic heterocycles. The minimum atomic E-state index is 0.296. The first-order valence-corrected chi connectivity index (χ1v) is 12.9. The van der Waals surface area contributed by atoms with Gasteiger partial charge in [0.2, 0.25) is 0 Å². The predicted molar refractivity (Wildman–Crippen MR) is 137 cm³/mol. The molecule has 170 valence electrons. The molecule has 2 aliphatic carbocycles. The maximum atomic E-state index is 5.08. The van der Waals surface area contributed by atoms with Crippen LogP contribution >= 0.6 is 0 Å². The van der Waals surface area contributed by atoms with Crippen LogP contribution in [0, 0.1) is 17.3 Å². The quantitative estimate of drug-likeness (QED) is 0.430. The number of allylic oxidation sites excluding steroid dienone is 1. The third-order valence-electron chi connectivity index (χ3n) is 7.80. The van der Waals surface area contributed by atoms with Gasteiger partial charge in [0.1, 0.15) is 5.84 Å². The summed E-state index contributed by atoms with van der Waals surface area (Å²) in [5, 5.41) is 3.76. The molecule has 0 amide bonds. The van der Waals surface area contributed by atoms with Gasteiger partial charge >= 0.3 is 0 Å². The molecule has 2 atom stereocenters. The molecule has 1 aromatic rings. The van der Waals surface area contributed by atoms with Crippen molar-refractivity contribution < 1.29 is 0 Å². The summed E-state index contributed by atoms with van der Waals surface area (Å²) in [6.07, 6.45) is 14.3. The van der Waals surface area contributed by atoms with Crippen LogP contribution in [0.1, 0.15) is 83.6 Å². The number of nitrogens with zero attached hydrogens (tertiary/aromatic N) is 3. The number of rotatable bonds is 10. The maximum Gasteiger partial charge on any atom is 0.126 e. The second kappa shape index (κ2) is 9.33. The lowest BCUT2D eigenvalue weighted by Gasteiger charge is -2.29. The molecule has 2 saturated carbocycles. The molecule has 4 nitrogen and oxygen atoms in total. The van der Waals surface area contributed by atoms with Crippen LogP contribution in [-0.4, -0.2) is 30.3 Å². The van der Waals surface area contributed by atoms with Crippen LogP contribution < -0.4 is 5.32 Å². The first-order valence-electron chi connectivity index (χ1n) is 12.9. The zero-order valence-electron chi connectivity index (χ0n) is 19.9. The molecule has 1 N–H and O–H groups in total. The Morgan fingerprint density at radius 2 is 2.03 bits per heavy atom. The van der Waals surface area contributed by atoms with Gasteiger partial charge < -0.3 is 5.32 Å². The number of hydrogen-bond donors (Lipinski definition) is 1. The Hall–Kier alpha value is -2.23. The van der Waals surface area contributed by atoms with Gasteiger partial charge in [0.25, 0.3) is 0 Å². The normalized spacial score (nSPS) is 27.2. The van der Waals surface area contributed by atoms with E-state index >= 15 is 0 Å². The Bertz CT molecular complexity index is 965. The SMILES string of the molecule is CCCC1=NC=C(c2cccc(NCC3CCC(CCC)(C4=NC(C5CC5)=NC4)C3)c2)C1. The molecule has 2 fully saturated rings. The summed E-state index contributed by atoms with van der Waals surface area (Å²) in [5.74, 6) is 2.56. The van der Waals surface area contributed by atoms with Gasteiger partial charge in [-0.15, -0.1) is 0 Å². The van der Waals surface area contributed by atoms with Crippen LogP contribution in [0.15, 0.2) is 45.4 Å². The molecule has 4 aliphatic rings. The fourth-order valence-corrected chi connectivity index (χ4v) is 5.93. The first-order chi connectivity index (χ1) is 15.7. The molecular weight excluding hydrogens is 392 g/mol. The highest BCUT2D eigenvalue weighted by atomic mass is 15.0. The number of nitrogens with one attached hydrogen (secondary N) is 1. The number of aliphatic imine (C=N–C) groups is 3. The van der Waals surface area contributed by atoms with Crippen LogP contribution in [0.25, 0.3) is 5.57 Å². The highest BCUT2D eigenvalue weighted by Crippen LogP contribution is 2.48. The summed E-state index contributed by atoms with van der Waals surface area (Å²) < 4.78 is 0. The lowest BCUT2D eigenvalue weighted by atomic mass is 9.76. The van der Waals surface area contributed by atoms with E-state index in [0.717, 1.165) is 25.9 Å². The molecule has 4 heteroatoms. The van der Waals surface area contributed by atoms with Gasteiger partial charge in [0.05, 0.1) is 6.54 Å². The van der Waals surface area contributed by atoms with Crippen molar-refractivity contribution in [2.24, 2.45) is 32.2 Å². The highest BCUT2D eigenvalue weighted by molar-refractivity contribution is 6.08. The minimum absolute atomic E-state index is 0.296. The Balaban J connectivity index is 1.19. The summed E-state index contributed by atoms with van der Waals surface area (Å²) in [6.45, 7) is 6.46. The minimum Gasteiger partial charge on any atom is -0.385 e. The van der Waals surface area contributed by atoms with Crippen molar-refractivity contribution >= 4 is 28.5 Å². The highest BCUT2D eigenvalue weighted by Gasteiger charge is 2.44. The second-order valence-electron chi connectivity index (χ2n) is 10.4. The van der Waals surface area contributed by atoms with Gasteiger partial charge in [0.15, 0.2) is 0 Å². The van der Waals surface area contributed by atoms with Gasteiger partial charge in [-0.3, -0.25) is 9.98 Å². The molecular formula is C28H38N4. The van der Waals surface area contributed by atoms with E-state index in [1.54, 1.807) is 0 Å². The smallest absolute Gasteiger partial charge is 0.126 e. The van der Waals surface area contributed by atoms with Crippen LogP contribution in [0.5, 0.6) is 0 Å². The van der Waals surface area contributed by atoms with Crippen molar-refractivity contribution in [3.63, 3.8) is 0 Å². The summed E-state index contributed by atoms with van der Waals surface area (Å²) in [7, 11) is 0. The maximum absolute atomic E-state index is 5.08. The summed E-state index contributed by atoms with van der Waals surface area (Å²) in [5.41, 5.74) is 6.92. The number of anilines is 1. The van der Waals surface area contributed by atoms with Crippen molar-refractivity contribution in [3.8, 4) is 0 Å². The zero-order valence-corrected chi connectivity index (χ0v) is 19.9. The number of hydrogen-bond acceptors (Lipinski definition) is 4. The van der Waals surface area contributed by atoms with Gasteiger partial charge in [0, 0.05) is 47.6 Å². The van der Waals surface area contributed by atoms with Crippen molar-refractivity contribution in [2.45, 2.75) is 78.1 Å². The summed E-state index contributed by atoms with van der Waals surface area (Å²) in [6, 6.07) is 8.91. The molecule has 0 saturated heterocycles. The monoisotopic (exact) mass is 430 g/mol. The fraction of sp³-hybridized carbons (Fsp3) is 0.607. The van der Waals surface area contributed by atoms with Crippen LogP contribution in [0.4, 0.5) is 5.69 Å². The van der Waals surface area contributed by atoms with Crippen molar-refractivity contribution in [2.75, 3.05) is 18.4 Å².